The molecule has 3 saturated heterocycles. The molecule has 3 fully saturated rings. The highest BCUT2D eigenvalue weighted by molar-refractivity contribution is 5.85. The lowest BCUT2D eigenvalue weighted by Crippen LogP contribution is -2.56. The monoisotopic (exact) mass is 437 g/mol. The smallest absolute Gasteiger partial charge is 0.411 e. The van der Waals surface area contributed by atoms with E-state index in [1.54, 1.807) is 4.90 Å². The first-order chi connectivity index (χ1) is 14.7. The van der Waals surface area contributed by atoms with Gasteiger partial charge >= 0.3 is 6.09 Å². The number of likely N-dealkylation sites (tertiary alicyclic amines) is 2. The van der Waals surface area contributed by atoms with E-state index in [2.05, 4.69) is 11.9 Å². The van der Waals surface area contributed by atoms with Crippen LogP contribution in [0.5, 0.6) is 0 Å². The maximum atomic E-state index is 13.4. The third-order valence-electron chi connectivity index (χ3n) is 7.24. The molecule has 3 rings (SSSR count). The van der Waals surface area contributed by atoms with Crippen molar-refractivity contribution in [1.82, 2.24) is 14.7 Å². The Bertz CT molecular complexity index is 598. The molecular formula is C24H43N3O4. The molecule has 7 heteroatoms. The number of carbonyl (C=O) groups is 2. The quantitative estimate of drug-likeness (QED) is 0.675. The summed E-state index contributed by atoms with van der Waals surface area (Å²) in [6.45, 7) is 12.7. The highest BCUT2D eigenvalue weighted by Gasteiger charge is 2.39. The molecule has 178 valence electrons. The molecule has 0 aliphatic carbocycles. The van der Waals surface area contributed by atoms with E-state index in [1.807, 2.05) is 32.6 Å². The molecule has 0 aromatic carbocycles. The van der Waals surface area contributed by atoms with Gasteiger partial charge in [0.25, 0.3) is 0 Å². The summed E-state index contributed by atoms with van der Waals surface area (Å²) in [6, 6.07) is -0.530. The van der Waals surface area contributed by atoms with E-state index in [0.717, 1.165) is 50.6 Å². The average molecular weight is 438 g/mol. The second kappa shape index (κ2) is 10.5. The lowest BCUT2D eigenvalue weighted by Gasteiger charge is -2.42. The van der Waals surface area contributed by atoms with Gasteiger partial charge in [0.1, 0.15) is 11.6 Å². The molecule has 7 nitrogen and oxygen atoms in total. The molecular weight excluding hydrogens is 394 g/mol. The fraction of sp³-hybridized carbons (Fsp3) is 0.917. The Morgan fingerprint density at radius 3 is 1.97 bits per heavy atom. The summed E-state index contributed by atoms with van der Waals surface area (Å²) >= 11 is 0. The molecule has 1 atom stereocenters. The van der Waals surface area contributed by atoms with Crippen LogP contribution < -0.4 is 0 Å². The lowest BCUT2D eigenvalue weighted by atomic mass is 9.79. The molecule has 0 radical (unpaired) electrons. The SMILES string of the molecule is C[C@@H](C(=O)N1CCC(C2CCN(C)CC2)CC1)N(C(=O)OC(C)(C)C)C1CCOCC1. The fourth-order valence-corrected chi connectivity index (χ4v) is 5.38. The van der Waals surface area contributed by atoms with Crippen LogP contribution in [0.4, 0.5) is 4.79 Å². The van der Waals surface area contributed by atoms with E-state index < -0.39 is 11.6 Å². The van der Waals surface area contributed by atoms with Crippen LogP contribution in [0, 0.1) is 11.8 Å². The fourth-order valence-electron chi connectivity index (χ4n) is 5.38. The molecule has 3 aliphatic rings. The van der Waals surface area contributed by atoms with E-state index in [4.69, 9.17) is 9.47 Å². The molecule has 31 heavy (non-hydrogen) atoms. The van der Waals surface area contributed by atoms with Crippen molar-refractivity contribution >= 4 is 12.0 Å². The van der Waals surface area contributed by atoms with Gasteiger partial charge in [-0.1, -0.05) is 0 Å². The first-order valence-electron chi connectivity index (χ1n) is 12.2. The third-order valence-corrected chi connectivity index (χ3v) is 7.24. The van der Waals surface area contributed by atoms with Crippen molar-refractivity contribution in [1.29, 1.82) is 0 Å². The second-order valence-corrected chi connectivity index (χ2v) is 10.7. The Hall–Kier alpha value is -1.34. The Labute approximate surface area is 188 Å². The summed E-state index contributed by atoms with van der Waals surface area (Å²) in [7, 11) is 2.20. The highest BCUT2D eigenvalue weighted by atomic mass is 16.6. The Morgan fingerprint density at radius 1 is 0.935 bits per heavy atom. The van der Waals surface area contributed by atoms with E-state index in [-0.39, 0.29) is 18.0 Å². The Kier molecular flexibility index (Phi) is 8.25. The largest absolute Gasteiger partial charge is 0.444 e. The number of ether oxygens (including phenoxy) is 2. The van der Waals surface area contributed by atoms with Gasteiger partial charge in [0, 0.05) is 32.3 Å². The van der Waals surface area contributed by atoms with Crippen LogP contribution in [0.15, 0.2) is 0 Å². The topological polar surface area (TPSA) is 62.3 Å². The number of carbonyl (C=O) groups excluding carboxylic acids is 2. The summed E-state index contributed by atoms with van der Waals surface area (Å²) in [4.78, 5) is 32.6. The minimum absolute atomic E-state index is 0.0145. The minimum Gasteiger partial charge on any atom is -0.444 e. The van der Waals surface area contributed by atoms with Crippen LogP contribution in [0.2, 0.25) is 0 Å². The predicted octanol–water partition coefficient (Wildman–Crippen LogP) is 3.37. The van der Waals surface area contributed by atoms with Crippen LogP contribution in [-0.2, 0) is 14.3 Å². The van der Waals surface area contributed by atoms with Gasteiger partial charge in [0.05, 0.1) is 0 Å². The number of amides is 2. The van der Waals surface area contributed by atoms with E-state index in [9.17, 15) is 9.59 Å². The first kappa shape index (κ1) is 24.3. The van der Waals surface area contributed by atoms with Gasteiger partial charge in [-0.2, -0.15) is 0 Å². The normalized spacial score (nSPS) is 24.1. The van der Waals surface area contributed by atoms with Crippen LogP contribution in [-0.4, -0.2) is 90.8 Å². The zero-order valence-corrected chi connectivity index (χ0v) is 20.3. The van der Waals surface area contributed by atoms with Crippen molar-refractivity contribution in [3.05, 3.63) is 0 Å². The Balaban J connectivity index is 1.60. The maximum Gasteiger partial charge on any atom is 0.411 e. The molecule has 0 saturated carbocycles. The predicted molar refractivity (Wildman–Crippen MR) is 121 cm³/mol. The van der Waals surface area contributed by atoms with Gasteiger partial charge in [0.2, 0.25) is 5.91 Å². The van der Waals surface area contributed by atoms with Crippen molar-refractivity contribution in [2.24, 2.45) is 11.8 Å². The average Bonchev–Trinajstić information content (AvgIpc) is 2.73. The molecule has 0 bridgehead atoms. The van der Waals surface area contributed by atoms with Crippen molar-refractivity contribution in [3.63, 3.8) is 0 Å². The highest BCUT2D eigenvalue weighted by Crippen LogP contribution is 2.32. The van der Waals surface area contributed by atoms with E-state index in [1.165, 1.54) is 25.9 Å². The lowest BCUT2D eigenvalue weighted by molar-refractivity contribution is -0.139. The first-order valence-corrected chi connectivity index (χ1v) is 12.2. The molecule has 3 heterocycles. The van der Waals surface area contributed by atoms with Crippen molar-refractivity contribution in [2.75, 3.05) is 46.4 Å². The van der Waals surface area contributed by atoms with Gasteiger partial charge in [0.15, 0.2) is 0 Å². The van der Waals surface area contributed by atoms with Crippen LogP contribution in [0.25, 0.3) is 0 Å². The summed E-state index contributed by atoms with van der Waals surface area (Å²) in [5.41, 5.74) is -0.588. The molecule has 3 aliphatic heterocycles. The summed E-state index contributed by atoms with van der Waals surface area (Å²) in [5.74, 6) is 1.58. The molecule has 0 unspecified atom stereocenters. The van der Waals surface area contributed by atoms with Crippen LogP contribution in [0.1, 0.15) is 66.2 Å². The zero-order chi connectivity index (χ0) is 22.6. The van der Waals surface area contributed by atoms with E-state index in [0.29, 0.717) is 13.2 Å². The summed E-state index contributed by atoms with van der Waals surface area (Å²) in [6.07, 6.45) is 5.82. The standard InChI is InChI=1S/C24H43N3O4/c1-18(27(21-10-16-30-17-11-21)23(29)31-24(2,3)4)22(28)26-14-8-20(9-15-26)19-6-12-25(5)13-7-19/h18-21H,6-17H2,1-5H3/t18-/m0/s1. The third kappa shape index (κ3) is 6.58. The number of rotatable bonds is 4. The van der Waals surface area contributed by atoms with Gasteiger partial charge in [-0.15, -0.1) is 0 Å². The second-order valence-electron chi connectivity index (χ2n) is 10.7. The molecule has 0 aromatic heterocycles. The van der Waals surface area contributed by atoms with E-state index >= 15 is 0 Å². The summed E-state index contributed by atoms with van der Waals surface area (Å²) in [5, 5.41) is 0. The number of piperidine rings is 2. The van der Waals surface area contributed by atoms with Crippen molar-refractivity contribution in [3.8, 4) is 0 Å². The van der Waals surface area contributed by atoms with Gasteiger partial charge in [-0.05, 0) is 98.2 Å². The molecule has 0 N–H and O–H groups in total. The number of hydrogen-bond donors (Lipinski definition) is 0. The van der Waals surface area contributed by atoms with Crippen molar-refractivity contribution in [2.45, 2.75) is 83.9 Å². The van der Waals surface area contributed by atoms with Crippen LogP contribution in [0.3, 0.4) is 0 Å². The molecule has 2 amide bonds. The van der Waals surface area contributed by atoms with Gasteiger partial charge < -0.3 is 19.3 Å². The maximum absolute atomic E-state index is 13.4. The van der Waals surface area contributed by atoms with Crippen LogP contribution >= 0.6 is 0 Å². The van der Waals surface area contributed by atoms with Gasteiger partial charge in [-0.3, -0.25) is 9.69 Å². The number of hydrogen-bond acceptors (Lipinski definition) is 5. The minimum atomic E-state index is -0.588. The van der Waals surface area contributed by atoms with Crippen molar-refractivity contribution < 1.29 is 19.1 Å². The zero-order valence-electron chi connectivity index (χ0n) is 20.3. The number of nitrogens with zero attached hydrogens (tertiary/aromatic N) is 3. The Morgan fingerprint density at radius 2 is 1.45 bits per heavy atom. The molecule has 0 spiro atoms. The van der Waals surface area contributed by atoms with Gasteiger partial charge in [-0.25, -0.2) is 4.79 Å². The molecule has 0 aromatic rings. The summed E-state index contributed by atoms with van der Waals surface area (Å²) < 4.78 is 11.2.